The lowest BCUT2D eigenvalue weighted by atomic mass is 10.2. The molecule has 3 amide bonds. The zero-order chi connectivity index (χ0) is 26.9. The maximum atomic E-state index is 13.3. The number of nitrogens with one attached hydrogen (secondary N) is 2. The Kier molecular flexibility index (Phi) is 7.13. The van der Waals surface area contributed by atoms with Gasteiger partial charge in [-0.1, -0.05) is 0 Å². The van der Waals surface area contributed by atoms with Gasteiger partial charge in [-0.25, -0.2) is 9.78 Å². The van der Waals surface area contributed by atoms with E-state index in [9.17, 15) is 14.8 Å². The fourth-order valence-electron chi connectivity index (χ4n) is 5.01. The molecular weight excluding hydrogens is 484 g/mol. The Labute approximate surface area is 222 Å². The second-order valence-electron chi connectivity index (χ2n) is 10.3. The van der Waals surface area contributed by atoms with Crippen LogP contribution in [0.3, 0.4) is 0 Å². The number of urea groups is 1. The summed E-state index contributed by atoms with van der Waals surface area (Å²) in [6.45, 7) is 7.30. The fourth-order valence-corrected chi connectivity index (χ4v) is 5.01. The first-order valence-corrected chi connectivity index (χ1v) is 13.2. The Morgan fingerprint density at radius 2 is 1.82 bits per heavy atom. The number of aromatic amines is 1. The Balaban J connectivity index is 1.22. The van der Waals surface area contributed by atoms with Gasteiger partial charge in [0.05, 0.1) is 38.9 Å². The number of pyridine rings is 1. The molecule has 1 aromatic carbocycles. The molecule has 0 unspecified atom stereocenters. The Morgan fingerprint density at radius 1 is 1.08 bits per heavy atom. The van der Waals surface area contributed by atoms with E-state index in [1.54, 1.807) is 11.9 Å². The number of hydrogen-bond donors (Lipinski definition) is 2. The van der Waals surface area contributed by atoms with Gasteiger partial charge in [-0.05, 0) is 43.3 Å². The molecule has 4 heterocycles. The van der Waals surface area contributed by atoms with Crippen molar-refractivity contribution in [1.82, 2.24) is 19.8 Å². The van der Waals surface area contributed by atoms with Crippen LogP contribution in [0.15, 0.2) is 42.6 Å². The highest BCUT2D eigenvalue weighted by atomic mass is 16.5. The lowest BCUT2D eigenvalue weighted by Crippen LogP contribution is -2.55. The van der Waals surface area contributed by atoms with Gasteiger partial charge < -0.3 is 39.8 Å². The predicted molar refractivity (Wildman–Crippen MR) is 149 cm³/mol. The van der Waals surface area contributed by atoms with Crippen LogP contribution in [-0.4, -0.2) is 109 Å². The van der Waals surface area contributed by atoms with Crippen LogP contribution in [0.1, 0.15) is 17.4 Å². The molecule has 2 aliphatic rings. The van der Waals surface area contributed by atoms with E-state index in [-0.39, 0.29) is 16.6 Å². The Morgan fingerprint density at radius 3 is 2.53 bits per heavy atom. The number of nitrogens with zero attached hydrogens (tertiary/aromatic N) is 6. The monoisotopic (exact) mass is 520 g/mol. The second kappa shape index (κ2) is 10.5. The third-order valence-electron chi connectivity index (χ3n) is 7.59. The number of carbonyl (C=O) groups is 2. The number of H-pyrrole nitrogens is 1. The molecule has 2 N–H and O–H groups in total. The summed E-state index contributed by atoms with van der Waals surface area (Å²) in [5, 5.41) is 15.8. The van der Waals surface area contributed by atoms with Crippen molar-refractivity contribution >= 4 is 40.0 Å². The van der Waals surface area contributed by atoms with Gasteiger partial charge in [0.15, 0.2) is 5.82 Å². The van der Waals surface area contributed by atoms with E-state index < -0.39 is 0 Å². The number of anilines is 3. The van der Waals surface area contributed by atoms with E-state index in [4.69, 9.17) is 0 Å². The SMILES string of the molecule is CCN(C)c1cccnc1N1CCN(C(=O)c2cc3cc(NC(=O)N4CC[N+](C)([O-])CC4)ccc3[nH]2)CC1. The molecule has 2 aromatic heterocycles. The van der Waals surface area contributed by atoms with Gasteiger partial charge in [0.1, 0.15) is 5.69 Å². The standard InChI is InChI=1S/C27H36N8O3/c1-4-31(2)24-6-5-9-28-25(24)32-10-12-33(13-11-32)26(36)23-19-20-18-21(7-8-22(20)30-23)29-27(37)34-14-16-35(3,38)17-15-34/h5-9,18-19,30H,4,10-17H2,1-3H3,(H,29,37). The van der Waals surface area contributed by atoms with Crippen molar-refractivity contribution in [2.45, 2.75) is 6.92 Å². The van der Waals surface area contributed by atoms with Crippen LogP contribution in [0.25, 0.3) is 10.9 Å². The van der Waals surface area contributed by atoms with Gasteiger partial charge in [-0.15, -0.1) is 0 Å². The maximum Gasteiger partial charge on any atom is 0.322 e. The number of benzene rings is 1. The molecule has 0 saturated carbocycles. The summed E-state index contributed by atoms with van der Waals surface area (Å²) in [5.74, 6) is 0.917. The average Bonchev–Trinajstić information content (AvgIpc) is 3.35. The molecule has 2 saturated heterocycles. The first-order chi connectivity index (χ1) is 18.2. The number of hydroxylamine groups is 3. The second-order valence-corrected chi connectivity index (χ2v) is 10.3. The van der Waals surface area contributed by atoms with Crippen LogP contribution in [-0.2, 0) is 0 Å². The number of hydrogen-bond acceptors (Lipinski definition) is 6. The molecule has 0 radical (unpaired) electrons. The summed E-state index contributed by atoms with van der Waals surface area (Å²) in [4.78, 5) is 41.8. The Hall–Kier alpha value is -3.83. The number of carbonyl (C=O) groups excluding carboxylic acids is 2. The summed E-state index contributed by atoms with van der Waals surface area (Å²) >= 11 is 0. The summed E-state index contributed by atoms with van der Waals surface area (Å²) in [6.07, 6.45) is 1.81. The van der Waals surface area contributed by atoms with E-state index in [2.05, 4.69) is 45.1 Å². The van der Waals surface area contributed by atoms with Crippen LogP contribution in [0.2, 0.25) is 0 Å². The van der Waals surface area contributed by atoms with Gasteiger partial charge in [-0.3, -0.25) is 4.79 Å². The van der Waals surface area contributed by atoms with Crippen molar-refractivity contribution in [1.29, 1.82) is 0 Å². The van der Waals surface area contributed by atoms with Gasteiger partial charge in [0.2, 0.25) is 0 Å². The lowest BCUT2D eigenvalue weighted by molar-refractivity contribution is -0.864. The van der Waals surface area contributed by atoms with Crippen molar-refractivity contribution in [3.05, 3.63) is 53.5 Å². The van der Waals surface area contributed by atoms with E-state index in [0.29, 0.717) is 63.7 Å². The number of piperazine rings is 2. The number of quaternary nitrogens is 1. The van der Waals surface area contributed by atoms with E-state index >= 15 is 0 Å². The molecule has 5 rings (SSSR count). The molecule has 0 bridgehead atoms. The number of aromatic nitrogens is 2. The van der Waals surface area contributed by atoms with Gasteiger partial charge in [0, 0.05) is 62.6 Å². The first kappa shape index (κ1) is 25.8. The summed E-state index contributed by atoms with van der Waals surface area (Å²) in [6, 6.07) is 11.2. The van der Waals surface area contributed by atoms with Crippen molar-refractivity contribution in [2.24, 2.45) is 0 Å². The summed E-state index contributed by atoms with van der Waals surface area (Å²) in [7, 11) is 3.69. The van der Waals surface area contributed by atoms with Crippen LogP contribution in [0.5, 0.6) is 0 Å². The molecule has 2 aliphatic heterocycles. The van der Waals surface area contributed by atoms with Crippen molar-refractivity contribution in [3.63, 3.8) is 0 Å². The minimum absolute atomic E-state index is 0.0366. The molecule has 11 nitrogen and oxygen atoms in total. The summed E-state index contributed by atoms with van der Waals surface area (Å²) < 4.78 is -0.314. The molecule has 3 aromatic rings. The summed E-state index contributed by atoms with van der Waals surface area (Å²) in [5.41, 5.74) is 3.12. The van der Waals surface area contributed by atoms with Crippen molar-refractivity contribution in [2.75, 3.05) is 88.1 Å². The molecule has 202 valence electrons. The largest absolute Gasteiger partial charge is 0.633 e. The molecule has 0 spiro atoms. The minimum Gasteiger partial charge on any atom is -0.633 e. The topological polar surface area (TPSA) is 111 Å². The quantitative estimate of drug-likeness (QED) is 0.395. The highest BCUT2D eigenvalue weighted by Crippen LogP contribution is 2.27. The smallest absolute Gasteiger partial charge is 0.322 e. The molecule has 2 fully saturated rings. The van der Waals surface area contributed by atoms with Crippen LogP contribution < -0.4 is 15.1 Å². The van der Waals surface area contributed by atoms with E-state index in [0.717, 1.165) is 29.0 Å². The molecule has 0 aliphatic carbocycles. The zero-order valence-electron chi connectivity index (χ0n) is 22.3. The number of fused-ring (bicyclic) bond motifs is 1. The van der Waals surface area contributed by atoms with Gasteiger partial charge in [0.25, 0.3) is 5.91 Å². The van der Waals surface area contributed by atoms with Crippen LogP contribution in [0.4, 0.5) is 22.0 Å². The van der Waals surface area contributed by atoms with Crippen LogP contribution in [0, 0.1) is 5.21 Å². The number of amides is 3. The minimum atomic E-state index is -0.314. The highest BCUT2D eigenvalue weighted by Gasteiger charge is 2.27. The molecule has 38 heavy (non-hydrogen) atoms. The van der Waals surface area contributed by atoms with E-state index in [1.807, 2.05) is 41.4 Å². The predicted octanol–water partition coefficient (Wildman–Crippen LogP) is 2.77. The zero-order valence-corrected chi connectivity index (χ0v) is 22.3. The van der Waals surface area contributed by atoms with Crippen molar-refractivity contribution in [3.8, 4) is 0 Å². The fraction of sp³-hybridized carbons (Fsp3) is 0.444. The van der Waals surface area contributed by atoms with Gasteiger partial charge in [-0.2, -0.15) is 0 Å². The third-order valence-corrected chi connectivity index (χ3v) is 7.59. The lowest BCUT2D eigenvalue weighted by Gasteiger charge is -2.45. The Bertz CT molecular complexity index is 1300. The molecule has 0 atom stereocenters. The van der Waals surface area contributed by atoms with Crippen molar-refractivity contribution < 1.29 is 14.2 Å². The molecule has 11 heteroatoms. The normalized spacial score (nSPS) is 17.5. The molecular formula is C27H36N8O3. The first-order valence-electron chi connectivity index (χ1n) is 13.2. The van der Waals surface area contributed by atoms with Crippen LogP contribution >= 0.6 is 0 Å². The number of likely N-dealkylation sites (N-methyl/N-ethyl adjacent to an activating group) is 1. The van der Waals surface area contributed by atoms with Gasteiger partial charge >= 0.3 is 6.03 Å². The third kappa shape index (κ3) is 5.39. The average molecular weight is 521 g/mol. The highest BCUT2D eigenvalue weighted by molar-refractivity contribution is 6.00. The van der Waals surface area contributed by atoms with E-state index in [1.165, 1.54) is 0 Å². The number of rotatable bonds is 5. The maximum absolute atomic E-state index is 13.3.